The molecule has 0 radical (unpaired) electrons. The summed E-state index contributed by atoms with van der Waals surface area (Å²) in [5, 5.41) is 10.7. The Labute approximate surface area is 66.1 Å². The molecule has 1 rings (SSSR count). The summed E-state index contributed by atoms with van der Waals surface area (Å²) in [6.07, 6.45) is 4.10. The van der Waals surface area contributed by atoms with Crippen molar-refractivity contribution >= 4 is 6.09 Å². The van der Waals surface area contributed by atoms with Crippen molar-refractivity contribution in [2.75, 3.05) is 6.54 Å². The van der Waals surface area contributed by atoms with Crippen molar-refractivity contribution in [3.63, 3.8) is 0 Å². The number of allylic oxidation sites excluding steroid dienone is 1. The Bertz CT molecular complexity index is 173. The van der Waals surface area contributed by atoms with E-state index in [1.165, 1.54) is 0 Å². The molecule has 1 aliphatic rings. The lowest BCUT2D eigenvalue weighted by molar-refractivity contribution is 0.191. The molecule has 0 saturated heterocycles. The van der Waals surface area contributed by atoms with Crippen LogP contribution in [0.5, 0.6) is 0 Å². The van der Waals surface area contributed by atoms with Crippen LogP contribution < -0.4 is 5.32 Å². The maximum Gasteiger partial charge on any atom is 0.404 e. The minimum absolute atomic E-state index is 0.222. The van der Waals surface area contributed by atoms with Crippen LogP contribution in [0.2, 0.25) is 0 Å². The van der Waals surface area contributed by atoms with Gasteiger partial charge in [-0.1, -0.05) is 6.08 Å². The highest BCUT2D eigenvalue weighted by Gasteiger charge is 2.41. The molecule has 0 aromatic heterocycles. The van der Waals surface area contributed by atoms with E-state index in [9.17, 15) is 4.79 Å². The van der Waals surface area contributed by atoms with E-state index in [1.54, 1.807) is 0 Å². The van der Waals surface area contributed by atoms with Gasteiger partial charge in [0, 0.05) is 6.54 Å². The van der Waals surface area contributed by atoms with Gasteiger partial charge in [0.05, 0.1) is 0 Å². The van der Waals surface area contributed by atoms with E-state index in [0.717, 1.165) is 19.3 Å². The fourth-order valence-corrected chi connectivity index (χ4v) is 1.20. The second kappa shape index (κ2) is 2.95. The van der Waals surface area contributed by atoms with Crippen LogP contribution >= 0.6 is 0 Å². The van der Waals surface area contributed by atoms with E-state index in [0.29, 0.717) is 6.54 Å². The first kappa shape index (κ1) is 8.11. The second-order valence-electron chi connectivity index (χ2n) is 3.15. The molecule has 0 spiro atoms. The topological polar surface area (TPSA) is 49.3 Å². The standard InChI is InChI=1S/C8H13NO2/c1-2-3-8(4-5-8)6-9-7(10)11/h2,9H,1,3-6H2,(H,10,11). The Hall–Kier alpha value is -0.990. The van der Waals surface area contributed by atoms with Crippen LogP contribution in [-0.4, -0.2) is 17.7 Å². The third-order valence-electron chi connectivity index (χ3n) is 2.15. The molecule has 0 heterocycles. The van der Waals surface area contributed by atoms with Gasteiger partial charge in [-0.2, -0.15) is 0 Å². The maximum atomic E-state index is 10.1. The van der Waals surface area contributed by atoms with E-state index in [2.05, 4.69) is 11.9 Å². The largest absolute Gasteiger partial charge is 0.465 e. The molecular formula is C8H13NO2. The van der Waals surface area contributed by atoms with E-state index < -0.39 is 6.09 Å². The predicted octanol–water partition coefficient (Wildman–Crippen LogP) is 1.61. The Balaban J connectivity index is 2.24. The zero-order valence-electron chi connectivity index (χ0n) is 6.47. The SMILES string of the molecule is C=CCC1(CNC(=O)O)CC1. The summed E-state index contributed by atoms with van der Waals surface area (Å²) in [6, 6.07) is 0. The fourth-order valence-electron chi connectivity index (χ4n) is 1.20. The smallest absolute Gasteiger partial charge is 0.404 e. The average molecular weight is 155 g/mol. The lowest BCUT2D eigenvalue weighted by Crippen LogP contribution is -2.28. The first-order chi connectivity index (χ1) is 5.18. The normalized spacial score (nSPS) is 18.9. The van der Waals surface area contributed by atoms with Gasteiger partial charge in [-0.25, -0.2) is 4.79 Å². The van der Waals surface area contributed by atoms with Gasteiger partial charge in [0.2, 0.25) is 0 Å². The van der Waals surface area contributed by atoms with Gasteiger partial charge >= 0.3 is 6.09 Å². The van der Waals surface area contributed by atoms with E-state index in [-0.39, 0.29) is 5.41 Å². The molecule has 1 fully saturated rings. The zero-order valence-corrected chi connectivity index (χ0v) is 6.47. The van der Waals surface area contributed by atoms with Crippen molar-refractivity contribution in [1.82, 2.24) is 5.32 Å². The van der Waals surface area contributed by atoms with Gasteiger partial charge in [0.25, 0.3) is 0 Å². The minimum atomic E-state index is -0.930. The van der Waals surface area contributed by atoms with Crippen molar-refractivity contribution in [1.29, 1.82) is 0 Å². The molecule has 3 nitrogen and oxygen atoms in total. The highest BCUT2D eigenvalue weighted by Crippen LogP contribution is 2.48. The van der Waals surface area contributed by atoms with Crippen molar-refractivity contribution in [2.24, 2.45) is 5.41 Å². The quantitative estimate of drug-likeness (QED) is 0.606. The summed E-state index contributed by atoms with van der Waals surface area (Å²) >= 11 is 0. The van der Waals surface area contributed by atoms with Gasteiger partial charge in [-0.15, -0.1) is 6.58 Å². The van der Waals surface area contributed by atoms with Gasteiger partial charge in [0.1, 0.15) is 0 Å². The molecule has 11 heavy (non-hydrogen) atoms. The monoisotopic (exact) mass is 155 g/mol. The van der Waals surface area contributed by atoms with Gasteiger partial charge < -0.3 is 10.4 Å². The minimum Gasteiger partial charge on any atom is -0.465 e. The van der Waals surface area contributed by atoms with Gasteiger partial charge in [-0.05, 0) is 24.7 Å². The zero-order chi connectivity index (χ0) is 8.32. The van der Waals surface area contributed by atoms with E-state index >= 15 is 0 Å². The molecule has 1 amide bonds. The molecule has 62 valence electrons. The molecule has 0 unspecified atom stereocenters. The molecule has 2 N–H and O–H groups in total. The molecule has 1 saturated carbocycles. The number of hydrogen-bond acceptors (Lipinski definition) is 1. The maximum absolute atomic E-state index is 10.1. The Morgan fingerprint density at radius 1 is 1.73 bits per heavy atom. The number of hydrogen-bond donors (Lipinski definition) is 2. The first-order valence-electron chi connectivity index (χ1n) is 3.76. The second-order valence-corrected chi connectivity index (χ2v) is 3.15. The van der Waals surface area contributed by atoms with Crippen LogP contribution in [0.25, 0.3) is 0 Å². The van der Waals surface area contributed by atoms with Gasteiger partial charge in [0.15, 0.2) is 0 Å². The Morgan fingerprint density at radius 3 is 2.73 bits per heavy atom. The summed E-state index contributed by atoms with van der Waals surface area (Å²) in [6.45, 7) is 4.22. The molecule has 1 aliphatic carbocycles. The van der Waals surface area contributed by atoms with E-state index in [4.69, 9.17) is 5.11 Å². The summed E-state index contributed by atoms with van der Waals surface area (Å²) in [5.41, 5.74) is 0.222. The number of amides is 1. The molecular weight excluding hydrogens is 142 g/mol. The summed E-state index contributed by atoms with van der Waals surface area (Å²) in [7, 11) is 0. The lowest BCUT2D eigenvalue weighted by Gasteiger charge is -2.10. The summed E-state index contributed by atoms with van der Waals surface area (Å²) < 4.78 is 0. The van der Waals surface area contributed by atoms with Crippen molar-refractivity contribution < 1.29 is 9.90 Å². The van der Waals surface area contributed by atoms with Crippen molar-refractivity contribution in [3.05, 3.63) is 12.7 Å². The third-order valence-corrected chi connectivity index (χ3v) is 2.15. The van der Waals surface area contributed by atoms with Crippen LogP contribution in [-0.2, 0) is 0 Å². The van der Waals surface area contributed by atoms with Gasteiger partial charge in [-0.3, -0.25) is 0 Å². The summed E-state index contributed by atoms with van der Waals surface area (Å²) in [4.78, 5) is 10.1. The number of carboxylic acid groups (broad SMARTS) is 1. The average Bonchev–Trinajstić information content (AvgIpc) is 2.67. The molecule has 0 aliphatic heterocycles. The Morgan fingerprint density at radius 2 is 2.36 bits per heavy atom. The van der Waals surface area contributed by atoms with Crippen LogP contribution in [0.3, 0.4) is 0 Å². The van der Waals surface area contributed by atoms with E-state index in [1.807, 2.05) is 6.08 Å². The highest BCUT2D eigenvalue weighted by molar-refractivity contribution is 5.64. The van der Waals surface area contributed by atoms with Crippen LogP contribution in [0.15, 0.2) is 12.7 Å². The first-order valence-corrected chi connectivity index (χ1v) is 3.76. The predicted molar refractivity (Wildman–Crippen MR) is 42.5 cm³/mol. The molecule has 0 bridgehead atoms. The van der Waals surface area contributed by atoms with Crippen LogP contribution in [0.1, 0.15) is 19.3 Å². The third kappa shape index (κ3) is 2.26. The lowest BCUT2D eigenvalue weighted by atomic mass is 10.0. The molecule has 0 aromatic rings. The molecule has 3 heteroatoms. The van der Waals surface area contributed by atoms with Crippen LogP contribution in [0, 0.1) is 5.41 Å². The number of rotatable bonds is 4. The van der Waals surface area contributed by atoms with Crippen molar-refractivity contribution in [2.45, 2.75) is 19.3 Å². The Kier molecular flexibility index (Phi) is 2.17. The molecule has 0 atom stereocenters. The van der Waals surface area contributed by atoms with Crippen LogP contribution in [0.4, 0.5) is 4.79 Å². The summed E-state index contributed by atoms with van der Waals surface area (Å²) in [5.74, 6) is 0. The number of carbonyl (C=O) groups is 1. The fraction of sp³-hybridized carbons (Fsp3) is 0.625. The number of nitrogens with one attached hydrogen (secondary N) is 1. The highest BCUT2D eigenvalue weighted by atomic mass is 16.4. The molecule has 0 aromatic carbocycles. The van der Waals surface area contributed by atoms with Crippen molar-refractivity contribution in [3.8, 4) is 0 Å².